The molecule has 1 saturated carbocycles. The molecule has 4 bridgehead atoms. The van der Waals surface area contributed by atoms with Gasteiger partial charge in [-0.2, -0.15) is 26.3 Å². The second-order valence-corrected chi connectivity index (χ2v) is 10.8. The van der Waals surface area contributed by atoms with Gasteiger partial charge in [-0.05, 0) is 38.2 Å². The van der Waals surface area contributed by atoms with E-state index in [4.69, 9.17) is 10.2 Å². The van der Waals surface area contributed by atoms with Crippen LogP contribution in [0.15, 0.2) is 10.5 Å². The summed E-state index contributed by atoms with van der Waals surface area (Å²) in [5, 5.41) is 17.3. The summed E-state index contributed by atoms with van der Waals surface area (Å²) in [5.41, 5.74) is -1.66. The Morgan fingerprint density at radius 3 is 2.38 bits per heavy atom. The summed E-state index contributed by atoms with van der Waals surface area (Å²) in [6.07, 6.45) is -10.0. The first-order valence-corrected chi connectivity index (χ1v) is 12.6. The number of nitrogens with zero attached hydrogens (tertiary/aromatic N) is 5. The molecule has 2 fully saturated rings. The molecule has 0 aromatic carbocycles. The lowest BCUT2D eigenvalue weighted by Crippen LogP contribution is -2.67. The minimum atomic E-state index is -5.20. The molecule has 0 radical (unpaired) electrons. The van der Waals surface area contributed by atoms with E-state index < -0.39 is 70.7 Å². The zero-order valence-electron chi connectivity index (χ0n) is 21.3. The van der Waals surface area contributed by atoms with Gasteiger partial charge in [0.05, 0.1) is 11.3 Å². The highest BCUT2D eigenvalue weighted by atomic mass is 19.4. The number of halogens is 6. The summed E-state index contributed by atoms with van der Waals surface area (Å²) in [4.78, 5) is 32.0. The van der Waals surface area contributed by atoms with Gasteiger partial charge in [0.25, 0.3) is 17.7 Å². The van der Waals surface area contributed by atoms with E-state index in [-0.39, 0.29) is 37.1 Å². The maximum absolute atomic E-state index is 14.0. The Morgan fingerprint density at radius 2 is 1.77 bits per heavy atom. The van der Waals surface area contributed by atoms with Crippen LogP contribution in [0.2, 0.25) is 0 Å². The van der Waals surface area contributed by atoms with E-state index in [0.29, 0.717) is 32.0 Å². The number of aliphatic hydroxyl groups is 1. The fourth-order valence-electron chi connectivity index (χ4n) is 5.77. The monoisotopic (exact) mass is 576 g/mol. The Balaban J connectivity index is 1.55. The highest BCUT2D eigenvalue weighted by Gasteiger charge is 2.59. The predicted octanol–water partition coefficient (Wildman–Crippen LogP) is 3.51. The second kappa shape index (κ2) is 9.31. The van der Waals surface area contributed by atoms with E-state index in [9.17, 15) is 41.0 Å². The van der Waals surface area contributed by atoms with Gasteiger partial charge < -0.3 is 25.1 Å². The number of hydrogen-bond donors (Lipinski definition) is 2. The summed E-state index contributed by atoms with van der Waals surface area (Å²) in [7, 11) is 0. The number of aromatic nitrogens is 3. The van der Waals surface area contributed by atoms with Gasteiger partial charge in [0.2, 0.25) is 11.5 Å². The number of nitrogen functional groups attached to an aromatic ring is 1. The SMILES string of the molecule is CC(=O)N1CC2(CC(N3CCCCCC(O)(C(F)(F)F)c4nnc(o4)-c4nc(c(C(F)(F)F)cc4N)C3=O)C2)C1. The van der Waals surface area contributed by atoms with Crippen molar-refractivity contribution in [3.05, 3.63) is 23.2 Å². The molecule has 5 rings (SSSR count). The van der Waals surface area contributed by atoms with Gasteiger partial charge in [-0.15, -0.1) is 10.2 Å². The van der Waals surface area contributed by atoms with E-state index >= 15 is 0 Å². The Labute approximate surface area is 223 Å². The van der Waals surface area contributed by atoms with Gasteiger partial charge in [0, 0.05) is 38.0 Å². The van der Waals surface area contributed by atoms with E-state index in [1.165, 1.54) is 11.8 Å². The molecule has 1 unspecified atom stereocenters. The molecule has 10 nitrogen and oxygen atoms in total. The van der Waals surface area contributed by atoms with Crippen LogP contribution in [0.3, 0.4) is 0 Å². The number of hydrogen-bond acceptors (Lipinski definition) is 8. The van der Waals surface area contributed by atoms with Crippen molar-refractivity contribution < 1.29 is 45.5 Å². The summed E-state index contributed by atoms with van der Waals surface area (Å²) < 4.78 is 88.8. The second-order valence-electron chi connectivity index (χ2n) is 10.8. The van der Waals surface area contributed by atoms with Gasteiger partial charge in [0.1, 0.15) is 5.69 Å². The third-order valence-corrected chi connectivity index (χ3v) is 7.98. The summed E-state index contributed by atoms with van der Waals surface area (Å²) in [6.45, 7) is 2.35. The minimum Gasteiger partial charge on any atom is -0.416 e. The van der Waals surface area contributed by atoms with Gasteiger partial charge in [-0.1, -0.05) is 6.42 Å². The van der Waals surface area contributed by atoms with Gasteiger partial charge in [-0.25, -0.2) is 4.98 Å². The molecule has 4 heterocycles. The standard InChI is InChI=1S/C24H26F6N6O4/c1-12(37)35-10-21(11-35)8-13(9-21)36-6-4-2-3-5-22(39,24(28,29)30)20-34-33-18(40-20)17-15(31)7-14(23(25,26)27)16(32-17)19(36)38/h7,13,39H,2-6,8-11,31H2,1H3. The van der Waals surface area contributed by atoms with Crippen LogP contribution < -0.4 is 5.73 Å². The lowest BCUT2D eigenvalue weighted by molar-refractivity contribution is -0.277. The Bertz CT molecular complexity index is 1330. The number of alkyl halides is 6. The number of likely N-dealkylation sites (tertiary alicyclic amines) is 1. The van der Waals surface area contributed by atoms with Crippen LogP contribution >= 0.6 is 0 Å². The van der Waals surface area contributed by atoms with Crippen molar-refractivity contribution >= 4 is 17.5 Å². The molecule has 3 N–H and O–H groups in total. The molecule has 1 spiro atoms. The van der Waals surface area contributed by atoms with Crippen LogP contribution in [0.1, 0.15) is 67.4 Å². The summed E-state index contributed by atoms with van der Waals surface area (Å²) in [6, 6.07) is -0.00114. The lowest BCUT2D eigenvalue weighted by Gasteiger charge is -2.60. The number of nitrogens with two attached hydrogens (primary N) is 1. The lowest BCUT2D eigenvalue weighted by atomic mass is 9.60. The quantitative estimate of drug-likeness (QED) is 0.492. The van der Waals surface area contributed by atoms with Crippen LogP contribution in [0.5, 0.6) is 0 Å². The smallest absolute Gasteiger partial charge is 0.416 e. The van der Waals surface area contributed by atoms with Crippen LogP contribution in [0.25, 0.3) is 11.6 Å². The molecule has 1 atom stereocenters. The first kappa shape index (κ1) is 28.1. The van der Waals surface area contributed by atoms with Crippen molar-refractivity contribution in [2.45, 2.75) is 69.4 Å². The van der Waals surface area contributed by atoms with Crippen molar-refractivity contribution in [3.63, 3.8) is 0 Å². The van der Waals surface area contributed by atoms with Crippen molar-refractivity contribution in [2.75, 3.05) is 25.4 Å². The Hall–Kier alpha value is -3.43. The number of anilines is 1. The molecule has 218 valence electrons. The number of carbonyl (C=O) groups is 2. The number of rotatable bonds is 1. The predicted molar refractivity (Wildman–Crippen MR) is 124 cm³/mol. The highest BCUT2D eigenvalue weighted by Crippen LogP contribution is 2.51. The average Bonchev–Trinajstić information content (AvgIpc) is 3.28. The van der Waals surface area contributed by atoms with E-state index in [2.05, 4.69) is 15.2 Å². The summed E-state index contributed by atoms with van der Waals surface area (Å²) >= 11 is 0. The average molecular weight is 576 g/mol. The minimum absolute atomic E-state index is 0.0441. The Morgan fingerprint density at radius 1 is 1.10 bits per heavy atom. The molecule has 1 saturated heterocycles. The van der Waals surface area contributed by atoms with Crippen molar-refractivity contribution in [1.29, 1.82) is 0 Å². The molecular formula is C24H26F6N6O4. The third kappa shape index (κ3) is 4.65. The Kier molecular flexibility index (Phi) is 6.54. The third-order valence-electron chi connectivity index (χ3n) is 7.98. The fourth-order valence-corrected chi connectivity index (χ4v) is 5.77. The number of carbonyl (C=O) groups excluding carboxylic acids is 2. The highest BCUT2D eigenvalue weighted by molar-refractivity contribution is 5.95. The number of pyridine rings is 1. The number of fused-ring (bicyclic) bond motifs is 5. The van der Waals surface area contributed by atoms with Crippen LogP contribution in [0.4, 0.5) is 32.0 Å². The maximum Gasteiger partial charge on any atom is 0.426 e. The molecule has 3 aliphatic rings. The van der Waals surface area contributed by atoms with E-state index in [1.54, 1.807) is 4.90 Å². The summed E-state index contributed by atoms with van der Waals surface area (Å²) in [5.74, 6) is -3.09. The van der Waals surface area contributed by atoms with Crippen molar-refractivity contribution in [3.8, 4) is 11.6 Å². The van der Waals surface area contributed by atoms with Crippen LogP contribution in [0, 0.1) is 5.41 Å². The fraction of sp³-hybridized carbons (Fsp3) is 0.625. The van der Waals surface area contributed by atoms with Gasteiger partial charge in [-0.3, -0.25) is 9.59 Å². The molecule has 40 heavy (non-hydrogen) atoms. The molecular weight excluding hydrogens is 550 g/mol. The van der Waals surface area contributed by atoms with Gasteiger partial charge in [0.15, 0.2) is 5.69 Å². The molecule has 2 amide bonds. The molecule has 2 aromatic rings. The molecule has 1 aliphatic carbocycles. The van der Waals surface area contributed by atoms with Crippen molar-refractivity contribution in [1.82, 2.24) is 25.0 Å². The van der Waals surface area contributed by atoms with E-state index in [0.717, 1.165) is 0 Å². The first-order chi connectivity index (χ1) is 18.5. The van der Waals surface area contributed by atoms with Crippen molar-refractivity contribution in [2.24, 2.45) is 5.41 Å². The topological polar surface area (TPSA) is 139 Å². The zero-order valence-corrected chi connectivity index (χ0v) is 21.3. The normalized spacial score (nSPS) is 23.9. The first-order valence-electron chi connectivity index (χ1n) is 12.6. The largest absolute Gasteiger partial charge is 0.426 e. The zero-order chi connectivity index (χ0) is 29.3. The molecule has 16 heteroatoms. The van der Waals surface area contributed by atoms with Gasteiger partial charge >= 0.3 is 12.4 Å². The van der Waals surface area contributed by atoms with E-state index in [1.807, 2.05) is 0 Å². The number of amides is 2. The van der Waals surface area contributed by atoms with Crippen LogP contribution in [-0.2, 0) is 16.6 Å². The van der Waals surface area contributed by atoms with Crippen LogP contribution in [-0.4, -0.2) is 73.8 Å². The maximum atomic E-state index is 14.0. The molecule has 2 aromatic heterocycles. The molecule has 2 aliphatic heterocycles.